The average Bonchev–Trinajstić information content (AvgIpc) is 3.15. The fourth-order valence-electron chi connectivity index (χ4n) is 2.82. The molecule has 3 aromatic rings. The predicted octanol–water partition coefficient (Wildman–Crippen LogP) is 4.00. The topological polar surface area (TPSA) is 66.9 Å². The Kier molecular flexibility index (Phi) is 6.35. The van der Waals surface area contributed by atoms with Crippen LogP contribution in [-0.4, -0.2) is 15.5 Å². The monoisotopic (exact) mass is 387 g/mol. The van der Waals surface area contributed by atoms with Gasteiger partial charge in [-0.2, -0.15) is 0 Å². The quantitative estimate of drug-likeness (QED) is 0.453. The molecule has 5 nitrogen and oxygen atoms in total. The molecule has 2 heterocycles. The number of fused-ring (bicyclic) bond motifs is 1. The summed E-state index contributed by atoms with van der Waals surface area (Å²) in [5, 5.41) is 5.57. The van der Waals surface area contributed by atoms with Gasteiger partial charge in [0.15, 0.2) is 4.77 Å². The molecule has 0 spiro atoms. The molecular weight excluding hydrogens is 366 g/mol. The molecule has 26 heavy (non-hydrogen) atoms. The second-order valence-corrected chi connectivity index (χ2v) is 7.52. The SMILES string of the molecule is O=C(CCCCCn1c(=S)[nH]c2ccccc2c1=O)NCc1cccs1. The molecule has 0 atom stereocenters. The second-order valence-electron chi connectivity index (χ2n) is 6.10. The smallest absolute Gasteiger partial charge is 0.262 e. The molecule has 7 heteroatoms. The normalized spacial score (nSPS) is 10.9. The van der Waals surface area contributed by atoms with E-state index in [1.54, 1.807) is 22.0 Å². The van der Waals surface area contributed by atoms with Crippen molar-refractivity contribution in [1.29, 1.82) is 0 Å². The van der Waals surface area contributed by atoms with E-state index in [1.807, 2.05) is 35.7 Å². The van der Waals surface area contributed by atoms with E-state index in [9.17, 15) is 9.59 Å². The van der Waals surface area contributed by atoms with E-state index in [-0.39, 0.29) is 11.5 Å². The van der Waals surface area contributed by atoms with E-state index >= 15 is 0 Å². The number of aromatic nitrogens is 2. The first-order chi connectivity index (χ1) is 12.6. The van der Waals surface area contributed by atoms with E-state index in [0.29, 0.717) is 29.7 Å². The largest absolute Gasteiger partial charge is 0.351 e. The number of amides is 1. The van der Waals surface area contributed by atoms with Crippen LogP contribution in [0.5, 0.6) is 0 Å². The molecule has 136 valence electrons. The number of carbonyl (C=O) groups excluding carboxylic acids is 1. The number of hydrogen-bond donors (Lipinski definition) is 2. The van der Waals surface area contributed by atoms with E-state index in [2.05, 4.69) is 10.3 Å². The molecule has 0 aliphatic rings. The Balaban J connectivity index is 1.45. The zero-order chi connectivity index (χ0) is 18.4. The van der Waals surface area contributed by atoms with Gasteiger partial charge in [-0.25, -0.2) is 0 Å². The maximum atomic E-state index is 12.5. The van der Waals surface area contributed by atoms with Crippen molar-refractivity contribution >= 4 is 40.4 Å². The van der Waals surface area contributed by atoms with E-state index in [4.69, 9.17) is 12.2 Å². The number of para-hydroxylation sites is 1. The summed E-state index contributed by atoms with van der Waals surface area (Å²) in [5.74, 6) is 0.0681. The molecule has 0 bridgehead atoms. The van der Waals surface area contributed by atoms with Crippen LogP contribution in [0.15, 0.2) is 46.6 Å². The van der Waals surface area contributed by atoms with Crippen molar-refractivity contribution in [2.75, 3.05) is 0 Å². The van der Waals surface area contributed by atoms with Crippen LogP contribution in [0, 0.1) is 4.77 Å². The fraction of sp³-hybridized carbons (Fsp3) is 0.316. The average molecular weight is 388 g/mol. The van der Waals surface area contributed by atoms with Crippen LogP contribution in [0.3, 0.4) is 0 Å². The van der Waals surface area contributed by atoms with Gasteiger partial charge in [-0.05, 0) is 48.6 Å². The van der Waals surface area contributed by atoms with Crippen molar-refractivity contribution in [2.45, 2.75) is 38.8 Å². The lowest BCUT2D eigenvalue weighted by Crippen LogP contribution is -2.23. The molecule has 0 saturated carbocycles. The minimum absolute atomic E-state index is 0.0574. The number of benzene rings is 1. The Morgan fingerprint density at radius 2 is 2.00 bits per heavy atom. The van der Waals surface area contributed by atoms with Gasteiger partial charge in [0.2, 0.25) is 5.91 Å². The van der Waals surface area contributed by atoms with Crippen LogP contribution >= 0.6 is 23.6 Å². The number of H-pyrrole nitrogens is 1. The minimum Gasteiger partial charge on any atom is -0.351 e. The van der Waals surface area contributed by atoms with Crippen LogP contribution in [0.1, 0.15) is 30.6 Å². The van der Waals surface area contributed by atoms with Gasteiger partial charge >= 0.3 is 0 Å². The van der Waals surface area contributed by atoms with Gasteiger partial charge in [-0.1, -0.05) is 24.6 Å². The van der Waals surface area contributed by atoms with Gasteiger partial charge in [-0.15, -0.1) is 11.3 Å². The van der Waals surface area contributed by atoms with E-state index in [0.717, 1.165) is 29.7 Å². The number of unbranched alkanes of at least 4 members (excludes halogenated alkanes) is 2. The van der Waals surface area contributed by atoms with Crippen molar-refractivity contribution in [2.24, 2.45) is 0 Å². The molecule has 1 amide bonds. The first-order valence-electron chi connectivity index (χ1n) is 8.66. The number of thiophene rings is 1. The lowest BCUT2D eigenvalue weighted by atomic mass is 10.2. The third-order valence-corrected chi connectivity index (χ3v) is 5.41. The highest BCUT2D eigenvalue weighted by Gasteiger charge is 2.06. The zero-order valence-electron chi connectivity index (χ0n) is 14.4. The minimum atomic E-state index is -0.0574. The summed E-state index contributed by atoms with van der Waals surface area (Å²) in [7, 11) is 0. The summed E-state index contributed by atoms with van der Waals surface area (Å²) < 4.78 is 2.05. The highest BCUT2D eigenvalue weighted by Crippen LogP contribution is 2.09. The molecular formula is C19H21N3O2S2. The van der Waals surface area contributed by atoms with Crippen molar-refractivity contribution in [3.05, 3.63) is 61.8 Å². The number of aromatic amines is 1. The Morgan fingerprint density at radius 1 is 1.15 bits per heavy atom. The van der Waals surface area contributed by atoms with Crippen molar-refractivity contribution in [3.8, 4) is 0 Å². The molecule has 3 rings (SSSR count). The molecule has 2 N–H and O–H groups in total. The number of nitrogens with one attached hydrogen (secondary N) is 2. The maximum absolute atomic E-state index is 12.5. The van der Waals surface area contributed by atoms with Crippen molar-refractivity contribution in [3.63, 3.8) is 0 Å². The second kappa shape index (κ2) is 8.91. The van der Waals surface area contributed by atoms with Gasteiger partial charge < -0.3 is 10.3 Å². The van der Waals surface area contributed by atoms with Crippen LogP contribution in [0.4, 0.5) is 0 Å². The zero-order valence-corrected chi connectivity index (χ0v) is 16.0. The predicted molar refractivity (Wildman–Crippen MR) is 108 cm³/mol. The molecule has 1 aromatic carbocycles. The lowest BCUT2D eigenvalue weighted by Gasteiger charge is -2.08. The molecule has 0 radical (unpaired) electrons. The summed E-state index contributed by atoms with van der Waals surface area (Å²) in [4.78, 5) is 28.6. The van der Waals surface area contributed by atoms with Gasteiger partial charge in [0.05, 0.1) is 17.4 Å². The van der Waals surface area contributed by atoms with Crippen molar-refractivity contribution in [1.82, 2.24) is 14.9 Å². The number of nitrogens with zero attached hydrogens (tertiary/aromatic N) is 1. The third-order valence-electron chi connectivity index (χ3n) is 4.21. The van der Waals surface area contributed by atoms with Crippen LogP contribution in [0.2, 0.25) is 0 Å². The molecule has 0 fully saturated rings. The summed E-state index contributed by atoms with van der Waals surface area (Å²) in [6.45, 7) is 1.16. The molecule has 2 aromatic heterocycles. The maximum Gasteiger partial charge on any atom is 0.262 e. The Morgan fingerprint density at radius 3 is 2.81 bits per heavy atom. The molecule has 0 aliphatic carbocycles. The summed E-state index contributed by atoms with van der Waals surface area (Å²) in [5.41, 5.74) is 0.708. The van der Waals surface area contributed by atoms with Crippen LogP contribution in [-0.2, 0) is 17.9 Å². The highest BCUT2D eigenvalue weighted by atomic mass is 32.1. The molecule has 0 aliphatic heterocycles. The number of rotatable bonds is 8. The van der Waals surface area contributed by atoms with Gasteiger partial charge in [0.1, 0.15) is 0 Å². The van der Waals surface area contributed by atoms with Crippen LogP contribution in [0.25, 0.3) is 10.9 Å². The summed E-state index contributed by atoms with van der Waals surface area (Å²) >= 11 is 6.94. The first kappa shape index (κ1) is 18.5. The Hall–Kier alpha value is -2.25. The van der Waals surface area contributed by atoms with E-state index < -0.39 is 0 Å². The summed E-state index contributed by atoms with van der Waals surface area (Å²) in [6.07, 6.45) is 2.99. The lowest BCUT2D eigenvalue weighted by molar-refractivity contribution is -0.121. The Labute approximate surface area is 160 Å². The van der Waals surface area contributed by atoms with Crippen LogP contribution < -0.4 is 10.9 Å². The third kappa shape index (κ3) is 4.68. The van der Waals surface area contributed by atoms with E-state index in [1.165, 1.54) is 0 Å². The first-order valence-corrected chi connectivity index (χ1v) is 9.95. The molecule has 0 unspecified atom stereocenters. The highest BCUT2D eigenvalue weighted by molar-refractivity contribution is 7.71. The van der Waals surface area contributed by atoms with Gasteiger partial charge in [0, 0.05) is 17.8 Å². The number of carbonyl (C=O) groups is 1. The summed E-state index contributed by atoms with van der Waals surface area (Å²) in [6, 6.07) is 11.4. The fourth-order valence-corrected chi connectivity index (χ4v) is 3.75. The number of hydrogen-bond acceptors (Lipinski definition) is 4. The molecule has 0 saturated heterocycles. The standard InChI is InChI=1S/C19H21N3O2S2/c23-17(20-13-14-7-6-12-26-14)10-2-1-5-11-22-18(24)15-8-3-4-9-16(15)21-19(22)25/h3-4,6-9,12H,1-2,5,10-11,13H2,(H,20,23)(H,21,25). The van der Waals surface area contributed by atoms with Crippen molar-refractivity contribution < 1.29 is 4.79 Å². The van der Waals surface area contributed by atoms with Gasteiger partial charge in [0.25, 0.3) is 5.56 Å². The Bertz CT molecular complexity index is 990. The van der Waals surface area contributed by atoms with Gasteiger partial charge in [-0.3, -0.25) is 14.2 Å².